The van der Waals surface area contributed by atoms with Crippen molar-refractivity contribution in [3.8, 4) is 11.5 Å². The summed E-state index contributed by atoms with van der Waals surface area (Å²) < 4.78 is 11.4. The summed E-state index contributed by atoms with van der Waals surface area (Å²) in [6, 6.07) is 10.4. The van der Waals surface area contributed by atoms with E-state index in [4.69, 9.17) is 32.7 Å². The molecule has 1 N–H and O–H groups in total. The molecule has 198 valence electrons. The molecular formula is C28H38Cl2N2O4. The zero-order valence-electron chi connectivity index (χ0n) is 21.9. The molecule has 36 heavy (non-hydrogen) atoms. The highest BCUT2D eigenvalue weighted by Crippen LogP contribution is 2.29. The number of hydrogen-bond acceptors (Lipinski definition) is 4. The number of aryl methyl sites for hydroxylation is 1. The number of hydrogen-bond donors (Lipinski definition) is 1. The van der Waals surface area contributed by atoms with Crippen molar-refractivity contribution in [3.05, 3.63) is 57.6 Å². The fourth-order valence-electron chi connectivity index (χ4n) is 3.82. The molecule has 2 amide bonds. The quantitative estimate of drug-likeness (QED) is 0.307. The van der Waals surface area contributed by atoms with Crippen molar-refractivity contribution in [1.82, 2.24) is 10.2 Å². The fraction of sp³-hybridized carbons (Fsp3) is 0.500. The molecule has 2 rings (SSSR count). The molecule has 0 spiro atoms. The van der Waals surface area contributed by atoms with Gasteiger partial charge in [-0.25, -0.2) is 0 Å². The standard InChI is InChI=1S/C28H38Cl2N2O4/c1-6-24(28(34)31-17-19(4)5)32(18-21-9-12-22(29)23(30)15-21)27(33)14-11-20-10-13-25(35-7-2)26(16-20)36-8-3/h9-10,12-13,15-16,19,24H,6-8,11,14,17-18H2,1-5H3,(H,31,34). The van der Waals surface area contributed by atoms with Gasteiger partial charge in [0.15, 0.2) is 11.5 Å². The van der Waals surface area contributed by atoms with E-state index in [0.29, 0.717) is 60.1 Å². The van der Waals surface area contributed by atoms with E-state index in [1.54, 1.807) is 17.0 Å². The van der Waals surface area contributed by atoms with E-state index < -0.39 is 6.04 Å². The Bertz CT molecular complexity index is 1010. The van der Waals surface area contributed by atoms with Crippen LogP contribution in [0.25, 0.3) is 0 Å². The smallest absolute Gasteiger partial charge is 0.242 e. The second kappa shape index (κ2) is 15.0. The van der Waals surface area contributed by atoms with Gasteiger partial charge in [-0.3, -0.25) is 9.59 Å². The molecule has 0 aliphatic heterocycles. The highest BCUT2D eigenvalue weighted by atomic mass is 35.5. The molecule has 6 nitrogen and oxygen atoms in total. The summed E-state index contributed by atoms with van der Waals surface area (Å²) in [6.45, 7) is 11.7. The van der Waals surface area contributed by atoms with Crippen LogP contribution in [0.5, 0.6) is 11.5 Å². The maximum absolute atomic E-state index is 13.5. The lowest BCUT2D eigenvalue weighted by Crippen LogP contribution is -2.49. The maximum atomic E-state index is 13.5. The largest absolute Gasteiger partial charge is 0.490 e. The molecule has 2 aromatic rings. The molecule has 2 aromatic carbocycles. The van der Waals surface area contributed by atoms with Crippen LogP contribution >= 0.6 is 23.2 Å². The Morgan fingerprint density at radius 1 is 0.917 bits per heavy atom. The molecule has 0 saturated carbocycles. The first kappa shape index (κ1) is 29.8. The molecule has 0 bridgehead atoms. The second-order valence-electron chi connectivity index (χ2n) is 8.98. The Morgan fingerprint density at radius 2 is 1.58 bits per heavy atom. The van der Waals surface area contributed by atoms with Gasteiger partial charge >= 0.3 is 0 Å². The maximum Gasteiger partial charge on any atom is 0.242 e. The zero-order chi connectivity index (χ0) is 26.7. The average Bonchev–Trinajstić information content (AvgIpc) is 2.84. The van der Waals surface area contributed by atoms with Crippen LogP contribution in [0.15, 0.2) is 36.4 Å². The second-order valence-corrected chi connectivity index (χ2v) is 9.79. The third-order valence-electron chi connectivity index (χ3n) is 5.64. The number of nitrogens with one attached hydrogen (secondary N) is 1. The molecule has 0 radical (unpaired) electrons. The van der Waals surface area contributed by atoms with E-state index in [0.717, 1.165) is 11.1 Å². The summed E-state index contributed by atoms with van der Waals surface area (Å²) in [6.07, 6.45) is 1.25. The van der Waals surface area contributed by atoms with Crippen LogP contribution in [0.2, 0.25) is 10.0 Å². The first-order valence-corrected chi connectivity index (χ1v) is 13.3. The lowest BCUT2D eigenvalue weighted by Gasteiger charge is -2.31. The highest BCUT2D eigenvalue weighted by Gasteiger charge is 2.28. The molecule has 8 heteroatoms. The van der Waals surface area contributed by atoms with Crippen LogP contribution in [0.3, 0.4) is 0 Å². The van der Waals surface area contributed by atoms with Crippen molar-refractivity contribution in [3.63, 3.8) is 0 Å². The predicted molar refractivity (Wildman–Crippen MR) is 146 cm³/mol. The molecule has 0 aliphatic carbocycles. The van der Waals surface area contributed by atoms with Crippen molar-refractivity contribution in [2.75, 3.05) is 19.8 Å². The summed E-state index contributed by atoms with van der Waals surface area (Å²) in [4.78, 5) is 28.2. The van der Waals surface area contributed by atoms with Crippen LogP contribution in [-0.4, -0.2) is 42.5 Å². The van der Waals surface area contributed by atoms with Crippen LogP contribution in [-0.2, 0) is 22.6 Å². The van der Waals surface area contributed by atoms with Gasteiger partial charge in [0.2, 0.25) is 11.8 Å². The normalized spacial score (nSPS) is 11.8. The summed E-state index contributed by atoms with van der Waals surface area (Å²) >= 11 is 12.3. The van der Waals surface area contributed by atoms with Gasteiger partial charge in [0.25, 0.3) is 0 Å². The third-order valence-corrected chi connectivity index (χ3v) is 6.38. The minimum absolute atomic E-state index is 0.112. The number of carbonyl (C=O) groups excluding carboxylic acids is 2. The van der Waals surface area contributed by atoms with Crippen molar-refractivity contribution in [1.29, 1.82) is 0 Å². The Balaban J connectivity index is 2.25. The van der Waals surface area contributed by atoms with Crippen molar-refractivity contribution < 1.29 is 19.1 Å². The number of rotatable bonds is 14. The number of benzene rings is 2. The fourth-order valence-corrected chi connectivity index (χ4v) is 4.14. The van der Waals surface area contributed by atoms with Crippen molar-refractivity contribution in [2.24, 2.45) is 5.92 Å². The minimum atomic E-state index is -0.593. The molecule has 0 aliphatic rings. The molecule has 1 unspecified atom stereocenters. The summed E-state index contributed by atoms with van der Waals surface area (Å²) in [5.74, 6) is 1.39. The van der Waals surface area contributed by atoms with Crippen LogP contribution < -0.4 is 14.8 Å². The highest BCUT2D eigenvalue weighted by molar-refractivity contribution is 6.42. The first-order chi connectivity index (χ1) is 17.2. The van der Waals surface area contributed by atoms with E-state index in [1.807, 2.05) is 58.9 Å². The molecule has 1 atom stereocenters. The van der Waals surface area contributed by atoms with Gasteiger partial charge in [0, 0.05) is 19.5 Å². The summed E-state index contributed by atoms with van der Waals surface area (Å²) in [5, 5.41) is 3.84. The average molecular weight is 538 g/mol. The third kappa shape index (κ3) is 8.90. The van der Waals surface area contributed by atoms with Gasteiger partial charge in [-0.1, -0.05) is 56.1 Å². The minimum Gasteiger partial charge on any atom is -0.490 e. The summed E-state index contributed by atoms with van der Waals surface area (Å²) in [7, 11) is 0. The number of carbonyl (C=O) groups is 2. The molecular weight excluding hydrogens is 499 g/mol. The van der Waals surface area contributed by atoms with E-state index in [9.17, 15) is 9.59 Å². The molecule has 0 heterocycles. The molecule has 0 aromatic heterocycles. The van der Waals surface area contributed by atoms with Crippen molar-refractivity contribution in [2.45, 2.75) is 66.5 Å². The first-order valence-electron chi connectivity index (χ1n) is 12.6. The summed E-state index contributed by atoms with van der Waals surface area (Å²) in [5.41, 5.74) is 1.77. The molecule has 0 saturated heterocycles. The number of halogens is 2. The van der Waals surface area contributed by atoms with Gasteiger partial charge in [-0.15, -0.1) is 0 Å². The lowest BCUT2D eigenvalue weighted by molar-refractivity contribution is -0.141. The predicted octanol–water partition coefficient (Wildman–Crippen LogP) is 6.30. The SMILES string of the molecule is CCOc1ccc(CCC(=O)N(Cc2ccc(Cl)c(Cl)c2)C(CC)C(=O)NCC(C)C)cc1OCC. The van der Waals surface area contributed by atoms with Gasteiger partial charge < -0.3 is 19.7 Å². The number of amides is 2. The van der Waals surface area contributed by atoms with Gasteiger partial charge in [-0.05, 0) is 68.0 Å². The monoisotopic (exact) mass is 536 g/mol. The number of ether oxygens (including phenoxy) is 2. The lowest BCUT2D eigenvalue weighted by atomic mass is 10.1. The van der Waals surface area contributed by atoms with Crippen LogP contribution in [0.4, 0.5) is 0 Å². The van der Waals surface area contributed by atoms with E-state index in [2.05, 4.69) is 5.32 Å². The Kier molecular flexibility index (Phi) is 12.4. The van der Waals surface area contributed by atoms with Gasteiger partial charge in [0.1, 0.15) is 6.04 Å². The van der Waals surface area contributed by atoms with Gasteiger partial charge in [-0.2, -0.15) is 0 Å². The Morgan fingerprint density at radius 3 is 2.19 bits per heavy atom. The topological polar surface area (TPSA) is 67.9 Å². The van der Waals surface area contributed by atoms with Crippen molar-refractivity contribution >= 4 is 35.0 Å². The van der Waals surface area contributed by atoms with E-state index in [-0.39, 0.29) is 24.8 Å². The van der Waals surface area contributed by atoms with Crippen LogP contribution in [0, 0.1) is 5.92 Å². The Hall–Kier alpha value is -2.44. The Labute approximate surface area is 225 Å². The van der Waals surface area contributed by atoms with Gasteiger partial charge in [0.05, 0.1) is 23.3 Å². The molecule has 0 fully saturated rings. The number of nitrogens with zero attached hydrogens (tertiary/aromatic N) is 1. The van der Waals surface area contributed by atoms with Crippen LogP contribution in [0.1, 0.15) is 58.6 Å². The zero-order valence-corrected chi connectivity index (χ0v) is 23.4. The van der Waals surface area contributed by atoms with E-state index >= 15 is 0 Å². The van der Waals surface area contributed by atoms with E-state index in [1.165, 1.54) is 0 Å².